The van der Waals surface area contributed by atoms with Crippen LogP contribution >= 0.6 is 0 Å². The van der Waals surface area contributed by atoms with E-state index in [2.05, 4.69) is 17.6 Å². The molecule has 0 bridgehead atoms. The van der Waals surface area contributed by atoms with Gasteiger partial charge in [0.1, 0.15) is 0 Å². The van der Waals surface area contributed by atoms with Crippen LogP contribution in [0.4, 0.5) is 10.5 Å². The molecule has 2 aromatic carbocycles. The fraction of sp³-hybridized carbons (Fsp3) is 0.393. The molecule has 35 heavy (non-hydrogen) atoms. The number of rotatable bonds is 8. The van der Waals surface area contributed by atoms with E-state index in [9.17, 15) is 14.4 Å². The third-order valence-corrected chi connectivity index (χ3v) is 5.76. The maximum atomic E-state index is 13.4. The summed E-state index contributed by atoms with van der Waals surface area (Å²) < 4.78 is 5.47. The van der Waals surface area contributed by atoms with Gasteiger partial charge in [0.2, 0.25) is 5.91 Å². The van der Waals surface area contributed by atoms with E-state index in [-0.39, 0.29) is 18.5 Å². The van der Waals surface area contributed by atoms with Crippen LogP contribution in [0.25, 0.3) is 5.70 Å². The number of anilines is 1. The highest BCUT2D eigenvalue weighted by atomic mass is 16.5. The molecule has 0 spiro atoms. The fourth-order valence-electron chi connectivity index (χ4n) is 3.88. The van der Waals surface area contributed by atoms with Crippen LogP contribution in [0.1, 0.15) is 64.6 Å². The molecule has 0 saturated heterocycles. The summed E-state index contributed by atoms with van der Waals surface area (Å²) in [5.41, 5.74) is 2.39. The van der Waals surface area contributed by atoms with Crippen molar-refractivity contribution in [3.05, 3.63) is 71.3 Å². The van der Waals surface area contributed by atoms with E-state index in [0.29, 0.717) is 29.1 Å². The van der Waals surface area contributed by atoms with E-state index in [4.69, 9.17) is 4.74 Å². The van der Waals surface area contributed by atoms with Crippen molar-refractivity contribution in [2.24, 2.45) is 5.41 Å². The number of hydrogen-bond donors (Lipinski definition) is 2. The fourth-order valence-corrected chi connectivity index (χ4v) is 3.88. The predicted molar refractivity (Wildman–Crippen MR) is 137 cm³/mol. The maximum absolute atomic E-state index is 13.4. The molecule has 7 nitrogen and oxygen atoms in total. The SMILES string of the molecule is CCCCN1C(=O)NC(c2cccc(NC(=O)C(C)(C)C)c2)C(C(=O)OCC)=C1c1ccccc1. The van der Waals surface area contributed by atoms with Crippen molar-refractivity contribution in [1.29, 1.82) is 0 Å². The van der Waals surface area contributed by atoms with E-state index >= 15 is 0 Å². The average molecular weight is 478 g/mol. The molecule has 7 heteroatoms. The molecule has 1 aliphatic rings. The van der Waals surface area contributed by atoms with Gasteiger partial charge in [0.05, 0.1) is 23.9 Å². The summed E-state index contributed by atoms with van der Waals surface area (Å²) in [6.07, 6.45) is 1.69. The summed E-state index contributed by atoms with van der Waals surface area (Å²) >= 11 is 0. The van der Waals surface area contributed by atoms with Crippen molar-refractivity contribution in [2.45, 2.75) is 53.5 Å². The van der Waals surface area contributed by atoms with Gasteiger partial charge >= 0.3 is 12.0 Å². The van der Waals surface area contributed by atoms with Gasteiger partial charge in [-0.25, -0.2) is 9.59 Å². The summed E-state index contributed by atoms with van der Waals surface area (Å²) in [6, 6.07) is 15.6. The van der Waals surface area contributed by atoms with Crippen molar-refractivity contribution < 1.29 is 19.1 Å². The minimum absolute atomic E-state index is 0.126. The summed E-state index contributed by atoms with van der Waals surface area (Å²) in [6.45, 7) is 10.0. The number of nitrogens with zero attached hydrogens (tertiary/aromatic N) is 1. The predicted octanol–water partition coefficient (Wildman–Crippen LogP) is 5.51. The lowest BCUT2D eigenvalue weighted by atomic mass is 9.91. The molecule has 1 atom stereocenters. The highest BCUT2D eigenvalue weighted by molar-refractivity contribution is 6.04. The number of carbonyl (C=O) groups excluding carboxylic acids is 3. The molecule has 1 unspecified atom stereocenters. The van der Waals surface area contributed by atoms with Gasteiger partial charge in [-0.3, -0.25) is 9.69 Å². The van der Waals surface area contributed by atoms with Crippen molar-refractivity contribution in [2.75, 3.05) is 18.5 Å². The standard InChI is InChI=1S/C28H35N3O4/c1-6-8-17-31-24(19-13-10-9-11-14-19)22(25(32)35-7-2)23(30-27(31)34)20-15-12-16-21(18-20)29-26(33)28(3,4)5/h9-16,18,23H,6-8,17H2,1-5H3,(H,29,33)(H,30,34). The van der Waals surface area contributed by atoms with Crippen LogP contribution in [0.3, 0.4) is 0 Å². The van der Waals surface area contributed by atoms with E-state index < -0.39 is 17.4 Å². The molecule has 1 aliphatic heterocycles. The number of unbranched alkanes of at least 4 members (excludes halogenated alkanes) is 1. The van der Waals surface area contributed by atoms with Crippen LogP contribution in [0.15, 0.2) is 60.2 Å². The van der Waals surface area contributed by atoms with Crippen molar-refractivity contribution in [3.8, 4) is 0 Å². The van der Waals surface area contributed by atoms with Gasteiger partial charge in [-0.15, -0.1) is 0 Å². The second-order valence-electron chi connectivity index (χ2n) is 9.57. The van der Waals surface area contributed by atoms with Crippen LogP contribution in [-0.4, -0.2) is 36.0 Å². The minimum Gasteiger partial charge on any atom is -0.463 e. The number of esters is 1. The third-order valence-electron chi connectivity index (χ3n) is 5.76. The van der Waals surface area contributed by atoms with E-state index in [1.54, 1.807) is 30.0 Å². The lowest BCUT2D eigenvalue weighted by molar-refractivity contribution is -0.139. The second-order valence-corrected chi connectivity index (χ2v) is 9.57. The van der Waals surface area contributed by atoms with Crippen LogP contribution in [0, 0.1) is 5.41 Å². The number of carbonyl (C=O) groups is 3. The number of ether oxygens (including phenoxy) is 1. The molecule has 3 amide bonds. The molecule has 2 N–H and O–H groups in total. The van der Waals surface area contributed by atoms with Crippen molar-refractivity contribution in [3.63, 3.8) is 0 Å². The Labute approximate surface area is 207 Å². The smallest absolute Gasteiger partial charge is 0.338 e. The molecule has 1 heterocycles. The zero-order valence-electron chi connectivity index (χ0n) is 21.2. The van der Waals surface area contributed by atoms with Gasteiger partial charge in [-0.05, 0) is 36.6 Å². The first-order valence-corrected chi connectivity index (χ1v) is 12.1. The number of hydrogen-bond acceptors (Lipinski definition) is 4. The first kappa shape index (κ1) is 26.0. The molecule has 0 fully saturated rings. The molecule has 0 saturated carbocycles. The third kappa shape index (κ3) is 6.10. The molecule has 0 aliphatic carbocycles. The Hall–Kier alpha value is -3.61. The number of urea groups is 1. The largest absolute Gasteiger partial charge is 0.463 e. The second kappa shape index (κ2) is 11.2. The first-order chi connectivity index (χ1) is 16.7. The highest BCUT2D eigenvalue weighted by Gasteiger charge is 2.38. The van der Waals surface area contributed by atoms with E-state index in [1.807, 2.05) is 57.2 Å². The van der Waals surface area contributed by atoms with Crippen LogP contribution in [0.5, 0.6) is 0 Å². The van der Waals surface area contributed by atoms with Crippen LogP contribution in [-0.2, 0) is 14.3 Å². The minimum atomic E-state index is -0.735. The quantitative estimate of drug-likeness (QED) is 0.491. The summed E-state index contributed by atoms with van der Waals surface area (Å²) in [5, 5.41) is 5.93. The van der Waals surface area contributed by atoms with E-state index in [0.717, 1.165) is 18.4 Å². The Kier molecular flexibility index (Phi) is 8.33. The molecule has 0 radical (unpaired) electrons. The molecule has 0 aromatic heterocycles. The Morgan fingerprint density at radius 2 is 1.77 bits per heavy atom. The molecular formula is C28H35N3O4. The zero-order valence-corrected chi connectivity index (χ0v) is 21.2. The Balaban J connectivity index is 2.16. The van der Waals surface area contributed by atoms with Gasteiger partial charge in [-0.1, -0.05) is 76.6 Å². The lowest BCUT2D eigenvalue weighted by Crippen LogP contribution is -2.48. The normalized spacial score (nSPS) is 16.1. The van der Waals surface area contributed by atoms with Gasteiger partial charge < -0.3 is 15.4 Å². The zero-order chi connectivity index (χ0) is 25.6. The van der Waals surface area contributed by atoms with E-state index in [1.165, 1.54) is 0 Å². The highest BCUT2D eigenvalue weighted by Crippen LogP contribution is 2.37. The van der Waals surface area contributed by atoms with Crippen molar-refractivity contribution >= 4 is 29.3 Å². The number of benzene rings is 2. The first-order valence-electron chi connectivity index (χ1n) is 12.1. The number of amides is 3. The lowest BCUT2D eigenvalue weighted by Gasteiger charge is -2.37. The average Bonchev–Trinajstić information content (AvgIpc) is 2.83. The Morgan fingerprint density at radius 3 is 2.40 bits per heavy atom. The molecule has 3 rings (SSSR count). The van der Waals surface area contributed by atoms with Gasteiger partial charge in [0.25, 0.3) is 0 Å². The Morgan fingerprint density at radius 1 is 1.06 bits per heavy atom. The van der Waals surface area contributed by atoms with Gasteiger partial charge in [-0.2, -0.15) is 0 Å². The Bertz CT molecular complexity index is 1100. The molecular weight excluding hydrogens is 442 g/mol. The monoisotopic (exact) mass is 477 g/mol. The van der Waals surface area contributed by atoms with Crippen LogP contribution in [0.2, 0.25) is 0 Å². The summed E-state index contributed by atoms with van der Waals surface area (Å²) in [7, 11) is 0. The molecule has 186 valence electrons. The summed E-state index contributed by atoms with van der Waals surface area (Å²) in [5.74, 6) is -0.610. The maximum Gasteiger partial charge on any atom is 0.338 e. The van der Waals surface area contributed by atoms with Crippen LogP contribution < -0.4 is 10.6 Å². The number of nitrogens with one attached hydrogen (secondary N) is 2. The summed E-state index contributed by atoms with van der Waals surface area (Å²) in [4.78, 5) is 40.9. The topological polar surface area (TPSA) is 87.7 Å². The molecule has 2 aromatic rings. The van der Waals surface area contributed by atoms with Gasteiger partial charge in [0, 0.05) is 17.6 Å². The van der Waals surface area contributed by atoms with Gasteiger partial charge in [0.15, 0.2) is 0 Å². The van der Waals surface area contributed by atoms with Crippen molar-refractivity contribution in [1.82, 2.24) is 10.2 Å².